The number of rotatable bonds is 4. The Hall–Kier alpha value is -0.810. The lowest BCUT2D eigenvalue weighted by molar-refractivity contribution is -0.176. The number of nitrogens with one attached hydrogen (secondary N) is 2. The highest BCUT2D eigenvalue weighted by Crippen LogP contribution is 2.51. The van der Waals surface area contributed by atoms with E-state index in [-0.39, 0.29) is 11.0 Å². The minimum absolute atomic E-state index is 0.0575. The van der Waals surface area contributed by atoms with E-state index in [1.54, 1.807) is 7.11 Å². The third kappa shape index (κ3) is 2.79. The number of hydrogen-bond donors (Lipinski definition) is 2. The summed E-state index contributed by atoms with van der Waals surface area (Å²) < 4.78 is 11.3. The SMILES string of the molecule is CN=C(NCC1CCCO1)NC1CC(C)(OC)C1(C)C. The molecule has 1 heterocycles. The van der Waals surface area contributed by atoms with Crippen LogP contribution in [0.5, 0.6) is 0 Å². The molecule has 1 aliphatic carbocycles. The Bertz CT molecular complexity index is 364. The first-order valence-electron chi connectivity index (χ1n) is 7.57. The van der Waals surface area contributed by atoms with Gasteiger partial charge in [-0.3, -0.25) is 4.99 Å². The fraction of sp³-hybridized carbons (Fsp3) is 0.933. The summed E-state index contributed by atoms with van der Waals surface area (Å²) in [6, 6.07) is 0.378. The zero-order valence-corrected chi connectivity index (χ0v) is 13.5. The van der Waals surface area contributed by atoms with Crippen molar-refractivity contribution in [3.05, 3.63) is 0 Å². The molecule has 5 heteroatoms. The van der Waals surface area contributed by atoms with Gasteiger partial charge in [-0.2, -0.15) is 0 Å². The number of methoxy groups -OCH3 is 1. The molecular formula is C15H29N3O2. The molecular weight excluding hydrogens is 254 g/mol. The molecule has 0 aromatic carbocycles. The fourth-order valence-corrected chi connectivity index (χ4v) is 3.10. The van der Waals surface area contributed by atoms with Crippen LogP contribution in [0.4, 0.5) is 0 Å². The van der Waals surface area contributed by atoms with E-state index in [0.717, 1.165) is 32.0 Å². The lowest BCUT2D eigenvalue weighted by Crippen LogP contribution is -2.69. The summed E-state index contributed by atoms with van der Waals surface area (Å²) in [4.78, 5) is 4.31. The van der Waals surface area contributed by atoms with Crippen molar-refractivity contribution in [3.63, 3.8) is 0 Å². The Morgan fingerprint density at radius 1 is 1.40 bits per heavy atom. The summed E-state index contributed by atoms with van der Waals surface area (Å²) in [6.45, 7) is 8.37. The van der Waals surface area contributed by atoms with Gasteiger partial charge in [0.25, 0.3) is 0 Å². The molecule has 0 aromatic heterocycles. The van der Waals surface area contributed by atoms with Gasteiger partial charge >= 0.3 is 0 Å². The van der Waals surface area contributed by atoms with Gasteiger partial charge in [0.1, 0.15) is 0 Å². The van der Waals surface area contributed by atoms with E-state index in [1.165, 1.54) is 6.42 Å². The number of nitrogens with zero attached hydrogens (tertiary/aromatic N) is 1. The van der Waals surface area contributed by atoms with Gasteiger partial charge in [0.05, 0.1) is 11.7 Å². The maximum absolute atomic E-state index is 5.66. The van der Waals surface area contributed by atoms with Gasteiger partial charge in [-0.25, -0.2) is 0 Å². The van der Waals surface area contributed by atoms with E-state index in [0.29, 0.717) is 12.1 Å². The van der Waals surface area contributed by atoms with Crippen molar-refractivity contribution < 1.29 is 9.47 Å². The largest absolute Gasteiger partial charge is 0.378 e. The van der Waals surface area contributed by atoms with Crippen molar-refractivity contribution in [3.8, 4) is 0 Å². The molecule has 1 saturated heterocycles. The number of aliphatic imine (C=N–C) groups is 1. The predicted octanol–water partition coefficient (Wildman–Crippen LogP) is 1.53. The summed E-state index contributed by atoms with van der Waals surface area (Å²) in [7, 11) is 3.61. The molecule has 1 aliphatic heterocycles. The van der Waals surface area contributed by atoms with Crippen LogP contribution in [0.2, 0.25) is 0 Å². The van der Waals surface area contributed by atoms with Crippen LogP contribution in [0.1, 0.15) is 40.0 Å². The first-order chi connectivity index (χ1) is 9.43. The van der Waals surface area contributed by atoms with Gasteiger partial charge in [-0.15, -0.1) is 0 Å². The third-order valence-electron chi connectivity index (χ3n) is 5.33. The molecule has 0 amide bonds. The van der Waals surface area contributed by atoms with E-state index in [4.69, 9.17) is 9.47 Å². The Morgan fingerprint density at radius 3 is 2.65 bits per heavy atom. The molecule has 116 valence electrons. The fourth-order valence-electron chi connectivity index (χ4n) is 3.10. The smallest absolute Gasteiger partial charge is 0.191 e. The maximum Gasteiger partial charge on any atom is 0.191 e. The highest BCUT2D eigenvalue weighted by Gasteiger charge is 2.58. The van der Waals surface area contributed by atoms with Crippen molar-refractivity contribution in [2.75, 3.05) is 27.3 Å². The molecule has 0 radical (unpaired) electrons. The highest BCUT2D eigenvalue weighted by molar-refractivity contribution is 5.80. The number of ether oxygens (including phenoxy) is 2. The molecule has 0 spiro atoms. The summed E-state index contributed by atoms with van der Waals surface area (Å²) in [6.07, 6.45) is 3.63. The Morgan fingerprint density at radius 2 is 2.15 bits per heavy atom. The first-order valence-corrected chi connectivity index (χ1v) is 7.57. The minimum atomic E-state index is -0.0575. The van der Waals surface area contributed by atoms with E-state index >= 15 is 0 Å². The van der Waals surface area contributed by atoms with Crippen LogP contribution in [-0.4, -0.2) is 51.0 Å². The second-order valence-electron chi connectivity index (χ2n) is 6.65. The molecule has 5 nitrogen and oxygen atoms in total. The van der Waals surface area contributed by atoms with E-state index in [1.807, 2.05) is 7.05 Å². The van der Waals surface area contributed by atoms with Crippen LogP contribution in [0, 0.1) is 5.41 Å². The second kappa shape index (κ2) is 5.90. The molecule has 0 bridgehead atoms. The highest BCUT2D eigenvalue weighted by atomic mass is 16.5. The Labute approximate surface area is 122 Å². The van der Waals surface area contributed by atoms with E-state index < -0.39 is 0 Å². The van der Waals surface area contributed by atoms with Crippen LogP contribution in [-0.2, 0) is 9.47 Å². The van der Waals surface area contributed by atoms with E-state index in [9.17, 15) is 0 Å². The first kappa shape index (κ1) is 15.6. The van der Waals surface area contributed by atoms with Crippen LogP contribution < -0.4 is 10.6 Å². The van der Waals surface area contributed by atoms with Gasteiger partial charge in [0.2, 0.25) is 0 Å². The lowest BCUT2D eigenvalue weighted by atomic mass is 9.56. The molecule has 1 saturated carbocycles. The van der Waals surface area contributed by atoms with Crippen LogP contribution in [0.3, 0.4) is 0 Å². The molecule has 3 unspecified atom stereocenters. The van der Waals surface area contributed by atoms with Gasteiger partial charge in [0, 0.05) is 38.8 Å². The molecule has 20 heavy (non-hydrogen) atoms. The third-order valence-corrected chi connectivity index (χ3v) is 5.33. The average molecular weight is 283 g/mol. The molecule has 2 aliphatic rings. The second-order valence-corrected chi connectivity index (χ2v) is 6.65. The Kier molecular flexibility index (Phi) is 4.59. The minimum Gasteiger partial charge on any atom is -0.378 e. The van der Waals surface area contributed by atoms with Crippen molar-refractivity contribution in [2.24, 2.45) is 10.4 Å². The van der Waals surface area contributed by atoms with Crippen molar-refractivity contribution in [1.29, 1.82) is 0 Å². The van der Waals surface area contributed by atoms with Crippen molar-refractivity contribution in [2.45, 2.75) is 57.8 Å². The monoisotopic (exact) mass is 283 g/mol. The number of hydrogen-bond acceptors (Lipinski definition) is 3. The summed E-state index contributed by atoms with van der Waals surface area (Å²) >= 11 is 0. The number of guanidine groups is 1. The topological polar surface area (TPSA) is 54.9 Å². The summed E-state index contributed by atoms with van der Waals surface area (Å²) in [5, 5.41) is 6.88. The summed E-state index contributed by atoms with van der Waals surface area (Å²) in [5.41, 5.74) is 0.0291. The van der Waals surface area contributed by atoms with Gasteiger partial charge in [-0.05, 0) is 26.2 Å². The zero-order valence-electron chi connectivity index (χ0n) is 13.5. The molecule has 0 aromatic rings. The van der Waals surface area contributed by atoms with Gasteiger partial charge < -0.3 is 20.1 Å². The molecule has 2 N–H and O–H groups in total. The zero-order chi connectivity index (χ0) is 14.8. The van der Waals surface area contributed by atoms with Gasteiger partial charge in [0.15, 0.2) is 5.96 Å². The Balaban J connectivity index is 1.82. The standard InChI is InChI=1S/C15H29N3O2/c1-14(2)12(9-15(14,3)19-5)18-13(16-4)17-10-11-7-6-8-20-11/h11-12H,6-10H2,1-5H3,(H2,16,17,18). The maximum atomic E-state index is 5.66. The molecule has 2 rings (SSSR count). The van der Waals surface area contributed by atoms with Crippen molar-refractivity contribution in [1.82, 2.24) is 10.6 Å². The summed E-state index contributed by atoms with van der Waals surface area (Å²) in [5.74, 6) is 0.858. The molecule has 3 atom stereocenters. The average Bonchev–Trinajstić information content (AvgIpc) is 2.95. The molecule has 2 fully saturated rings. The van der Waals surface area contributed by atoms with Crippen LogP contribution in [0.15, 0.2) is 4.99 Å². The quantitative estimate of drug-likeness (QED) is 0.607. The lowest BCUT2D eigenvalue weighted by Gasteiger charge is -2.59. The predicted molar refractivity (Wildman–Crippen MR) is 81.1 cm³/mol. The normalized spacial score (nSPS) is 36.5. The van der Waals surface area contributed by atoms with E-state index in [2.05, 4.69) is 36.4 Å². The van der Waals surface area contributed by atoms with Crippen molar-refractivity contribution >= 4 is 5.96 Å². The van der Waals surface area contributed by atoms with Crippen LogP contribution in [0.25, 0.3) is 0 Å². The van der Waals surface area contributed by atoms with Crippen LogP contribution >= 0.6 is 0 Å². The van der Waals surface area contributed by atoms with Gasteiger partial charge in [-0.1, -0.05) is 13.8 Å².